The number of rotatable bonds is 3. The quantitative estimate of drug-likeness (QED) is 0.291. The van der Waals surface area contributed by atoms with Crippen molar-refractivity contribution in [3.63, 3.8) is 0 Å². The van der Waals surface area contributed by atoms with E-state index in [1.54, 1.807) is 0 Å². The molecule has 4 N–H and O–H groups in total. The minimum Gasteiger partial charge on any atom is -0.396 e. The molecule has 1 saturated heterocycles. The van der Waals surface area contributed by atoms with E-state index in [2.05, 4.69) is 5.43 Å². The normalized spacial score (nSPS) is 25.9. The molecule has 0 radical (unpaired) electrons. The first-order chi connectivity index (χ1) is 6.19. The molecule has 1 aliphatic heterocycles. The summed E-state index contributed by atoms with van der Waals surface area (Å²) in [5.41, 5.74) is 2.13. The predicted molar refractivity (Wildman–Crippen MR) is 48.6 cm³/mol. The van der Waals surface area contributed by atoms with Gasteiger partial charge < -0.3 is 5.11 Å². The number of aliphatic hydroxyl groups is 1. The third-order valence-electron chi connectivity index (χ3n) is 2.64. The fourth-order valence-electron chi connectivity index (χ4n) is 1.65. The van der Waals surface area contributed by atoms with Gasteiger partial charge in [0.2, 0.25) is 0 Å². The van der Waals surface area contributed by atoms with Gasteiger partial charge in [-0.25, -0.2) is 5.84 Å². The molecule has 0 bridgehead atoms. The molecule has 5 heteroatoms. The zero-order valence-electron chi connectivity index (χ0n) is 7.86. The molecule has 0 aromatic carbocycles. The Labute approximate surface area is 77.9 Å². The third-order valence-corrected chi connectivity index (χ3v) is 2.64. The molecule has 1 amide bonds. The lowest BCUT2D eigenvalue weighted by molar-refractivity contribution is -0.125. The highest BCUT2D eigenvalue weighted by atomic mass is 16.3. The van der Waals surface area contributed by atoms with Crippen molar-refractivity contribution < 1.29 is 9.90 Å². The maximum Gasteiger partial charge on any atom is 0.250 e. The molecule has 1 rings (SSSR count). The van der Waals surface area contributed by atoms with E-state index >= 15 is 0 Å². The van der Waals surface area contributed by atoms with Crippen molar-refractivity contribution in [1.29, 1.82) is 0 Å². The third kappa shape index (κ3) is 2.40. The molecule has 1 fully saturated rings. The van der Waals surface area contributed by atoms with Crippen molar-refractivity contribution in [3.8, 4) is 0 Å². The van der Waals surface area contributed by atoms with Crippen molar-refractivity contribution in [2.45, 2.75) is 19.4 Å². The second kappa shape index (κ2) is 4.55. The highest BCUT2D eigenvalue weighted by molar-refractivity contribution is 5.80. The molecule has 0 saturated carbocycles. The van der Waals surface area contributed by atoms with Crippen LogP contribution < -0.4 is 11.3 Å². The first-order valence-corrected chi connectivity index (χ1v) is 4.54. The van der Waals surface area contributed by atoms with Gasteiger partial charge in [0.1, 0.15) is 0 Å². The lowest BCUT2D eigenvalue weighted by Crippen LogP contribution is -2.46. The van der Waals surface area contributed by atoms with Gasteiger partial charge in [0.05, 0.1) is 6.04 Å². The van der Waals surface area contributed by atoms with Crippen LogP contribution in [-0.2, 0) is 4.79 Å². The Morgan fingerprint density at radius 2 is 2.54 bits per heavy atom. The summed E-state index contributed by atoms with van der Waals surface area (Å²) >= 11 is 0. The number of hydrogen-bond acceptors (Lipinski definition) is 4. The second-order valence-corrected chi connectivity index (χ2v) is 3.52. The first kappa shape index (κ1) is 10.4. The number of likely N-dealkylation sites (tertiary alicyclic amines) is 1. The number of nitrogens with zero attached hydrogens (tertiary/aromatic N) is 1. The molecule has 0 aromatic heterocycles. The van der Waals surface area contributed by atoms with Gasteiger partial charge in [-0.1, -0.05) is 0 Å². The topological polar surface area (TPSA) is 78.6 Å². The van der Waals surface area contributed by atoms with Gasteiger partial charge in [-0.05, 0) is 25.8 Å². The number of amides is 1. The monoisotopic (exact) mass is 187 g/mol. The summed E-state index contributed by atoms with van der Waals surface area (Å²) < 4.78 is 0. The highest BCUT2D eigenvalue weighted by Crippen LogP contribution is 2.17. The van der Waals surface area contributed by atoms with E-state index in [9.17, 15) is 4.79 Å². The van der Waals surface area contributed by atoms with Gasteiger partial charge >= 0.3 is 0 Å². The fraction of sp³-hybridized carbons (Fsp3) is 0.875. The van der Waals surface area contributed by atoms with Crippen LogP contribution in [0.3, 0.4) is 0 Å². The van der Waals surface area contributed by atoms with E-state index < -0.39 is 0 Å². The number of aliphatic hydroxyl groups excluding tert-OH is 1. The van der Waals surface area contributed by atoms with E-state index in [4.69, 9.17) is 10.9 Å². The fourth-order valence-corrected chi connectivity index (χ4v) is 1.65. The maximum atomic E-state index is 11.2. The highest BCUT2D eigenvalue weighted by Gasteiger charge is 2.28. The minimum absolute atomic E-state index is 0.168. The summed E-state index contributed by atoms with van der Waals surface area (Å²) in [6.07, 6.45) is 0.957. The van der Waals surface area contributed by atoms with Crippen LogP contribution in [0.5, 0.6) is 0 Å². The van der Waals surface area contributed by atoms with Gasteiger partial charge in [-0.3, -0.25) is 15.1 Å². The average Bonchev–Trinajstić information content (AvgIpc) is 2.63. The molecule has 1 heterocycles. The van der Waals surface area contributed by atoms with Crippen molar-refractivity contribution in [2.24, 2.45) is 11.8 Å². The van der Waals surface area contributed by atoms with Gasteiger partial charge in [0.25, 0.3) is 5.91 Å². The SMILES string of the molecule is CC(C(=O)NN)N1CCC(CO)C1. The molecule has 0 aliphatic carbocycles. The predicted octanol–water partition coefficient (Wildman–Crippen LogP) is -1.32. The Bertz CT molecular complexity index is 186. The summed E-state index contributed by atoms with van der Waals surface area (Å²) in [5.74, 6) is 5.18. The van der Waals surface area contributed by atoms with Crippen LogP contribution in [0.2, 0.25) is 0 Å². The van der Waals surface area contributed by atoms with Crippen LogP contribution in [0.1, 0.15) is 13.3 Å². The Balaban J connectivity index is 2.41. The second-order valence-electron chi connectivity index (χ2n) is 3.52. The van der Waals surface area contributed by atoms with Crippen molar-refractivity contribution in [1.82, 2.24) is 10.3 Å². The van der Waals surface area contributed by atoms with E-state index in [1.807, 2.05) is 11.8 Å². The average molecular weight is 187 g/mol. The van der Waals surface area contributed by atoms with Crippen LogP contribution in [-0.4, -0.2) is 41.7 Å². The van der Waals surface area contributed by atoms with Crippen LogP contribution in [0.15, 0.2) is 0 Å². The van der Waals surface area contributed by atoms with Gasteiger partial charge in [-0.2, -0.15) is 0 Å². The van der Waals surface area contributed by atoms with Crippen LogP contribution >= 0.6 is 0 Å². The molecule has 1 aliphatic rings. The summed E-state index contributed by atoms with van der Waals surface area (Å²) in [4.78, 5) is 13.2. The smallest absolute Gasteiger partial charge is 0.250 e. The Morgan fingerprint density at radius 3 is 3.00 bits per heavy atom. The first-order valence-electron chi connectivity index (χ1n) is 4.54. The van der Waals surface area contributed by atoms with Gasteiger partial charge in [0, 0.05) is 13.2 Å². The summed E-state index contributed by atoms with van der Waals surface area (Å²) in [5, 5.41) is 8.91. The zero-order chi connectivity index (χ0) is 9.84. The zero-order valence-corrected chi connectivity index (χ0v) is 7.86. The molecule has 2 unspecified atom stereocenters. The standard InChI is InChI=1S/C8H17N3O2/c1-6(8(13)10-9)11-3-2-7(4-11)5-12/h6-7,12H,2-5,9H2,1H3,(H,10,13). The summed E-state index contributed by atoms with van der Waals surface area (Å²) in [7, 11) is 0. The Kier molecular flexibility index (Phi) is 3.65. The van der Waals surface area contributed by atoms with Gasteiger partial charge in [-0.15, -0.1) is 0 Å². The van der Waals surface area contributed by atoms with E-state index in [0.29, 0.717) is 5.92 Å². The van der Waals surface area contributed by atoms with E-state index in [0.717, 1.165) is 19.5 Å². The molecule has 5 nitrogen and oxygen atoms in total. The molecular weight excluding hydrogens is 170 g/mol. The molecule has 0 spiro atoms. The number of hydrazine groups is 1. The molecule has 76 valence electrons. The molecular formula is C8H17N3O2. The largest absolute Gasteiger partial charge is 0.396 e. The summed E-state index contributed by atoms with van der Waals surface area (Å²) in [6.45, 7) is 3.67. The molecule has 2 atom stereocenters. The summed E-state index contributed by atoms with van der Waals surface area (Å²) in [6, 6.07) is -0.193. The van der Waals surface area contributed by atoms with Crippen LogP contribution in [0.4, 0.5) is 0 Å². The lowest BCUT2D eigenvalue weighted by Gasteiger charge is -2.22. The number of carbonyl (C=O) groups excluding carboxylic acids is 1. The van der Waals surface area contributed by atoms with E-state index in [1.165, 1.54) is 0 Å². The number of hydrogen-bond donors (Lipinski definition) is 3. The maximum absolute atomic E-state index is 11.2. The number of nitrogens with two attached hydrogens (primary N) is 1. The Hall–Kier alpha value is -0.650. The van der Waals surface area contributed by atoms with Crippen molar-refractivity contribution >= 4 is 5.91 Å². The van der Waals surface area contributed by atoms with Crippen molar-refractivity contribution in [2.75, 3.05) is 19.7 Å². The van der Waals surface area contributed by atoms with E-state index in [-0.39, 0.29) is 18.6 Å². The molecule has 13 heavy (non-hydrogen) atoms. The minimum atomic E-state index is -0.193. The van der Waals surface area contributed by atoms with Crippen LogP contribution in [0.25, 0.3) is 0 Å². The van der Waals surface area contributed by atoms with Crippen molar-refractivity contribution in [3.05, 3.63) is 0 Å². The lowest BCUT2D eigenvalue weighted by atomic mass is 10.1. The Morgan fingerprint density at radius 1 is 1.85 bits per heavy atom. The number of nitrogens with one attached hydrogen (secondary N) is 1. The van der Waals surface area contributed by atoms with Crippen LogP contribution in [0, 0.1) is 5.92 Å². The number of carbonyl (C=O) groups is 1. The van der Waals surface area contributed by atoms with Gasteiger partial charge in [0.15, 0.2) is 0 Å². The molecule has 0 aromatic rings.